The molecule has 90 valence electrons. The van der Waals surface area contributed by atoms with Gasteiger partial charge >= 0.3 is 8.80 Å². The van der Waals surface area contributed by atoms with Crippen molar-refractivity contribution in [3.8, 4) is 0 Å². The molecule has 5 nitrogen and oxygen atoms in total. The zero-order valence-electron chi connectivity index (χ0n) is 9.56. The van der Waals surface area contributed by atoms with Gasteiger partial charge in [0.1, 0.15) is 6.10 Å². The van der Waals surface area contributed by atoms with Gasteiger partial charge in [-0.3, -0.25) is 0 Å². The van der Waals surface area contributed by atoms with Crippen molar-refractivity contribution in [2.45, 2.75) is 31.1 Å². The molecule has 0 amide bonds. The Bertz CT molecular complexity index is 177. The lowest BCUT2D eigenvalue weighted by atomic mass is 10.2. The van der Waals surface area contributed by atoms with E-state index in [0.29, 0.717) is 0 Å². The van der Waals surface area contributed by atoms with Gasteiger partial charge in [0.15, 0.2) is 0 Å². The molecule has 6 heteroatoms. The predicted molar refractivity (Wildman–Crippen MR) is 56.6 cm³/mol. The van der Waals surface area contributed by atoms with E-state index in [9.17, 15) is 0 Å². The number of aliphatic hydroxyl groups excluding tert-OH is 1. The number of hydrogen-bond donors (Lipinski definition) is 1. The summed E-state index contributed by atoms with van der Waals surface area (Å²) in [5.41, 5.74) is 0. The largest absolute Gasteiger partial charge is 0.500 e. The minimum atomic E-state index is -2.41. The molecule has 1 rings (SSSR count). The Morgan fingerprint density at radius 1 is 1.13 bits per heavy atom. The van der Waals surface area contributed by atoms with Crippen LogP contribution in [0.15, 0.2) is 0 Å². The molecular formula is C9H20O5Si. The fourth-order valence-electron chi connectivity index (χ4n) is 1.67. The Hall–Kier alpha value is 0.0169. The summed E-state index contributed by atoms with van der Waals surface area (Å²) in [5.74, 6) is 0. The lowest BCUT2D eigenvalue weighted by Crippen LogP contribution is -2.42. The molecule has 15 heavy (non-hydrogen) atoms. The summed E-state index contributed by atoms with van der Waals surface area (Å²) in [7, 11) is 2.44. The summed E-state index contributed by atoms with van der Waals surface area (Å²) in [6.45, 7) is 0.117. The van der Waals surface area contributed by atoms with Crippen molar-refractivity contribution in [1.82, 2.24) is 0 Å². The average molecular weight is 236 g/mol. The first-order valence-corrected chi connectivity index (χ1v) is 7.06. The van der Waals surface area contributed by atoms with Gasteiger partial charge < -0.3 is 23.1 Å². The quantitative estimate of drug-likeness (QED) is 0.488. The lowest BCUT2D eigenvalue weighted by Gasteiger charge is -2.23. The molecule has 1 saturated heterocycles. The standard InChI is InChI=1S/C9H20O5Si/c1-11-15(12-2,13-3)6-4-5-8-9(7-10)14-8/h8-10H,4-7H2,1-3H3. The van der Waals surface area contributed by atoms with Crippen molar-refractivity contribution in [2.75, 3.05) is 27.9 Å². The van der Waals surface area contributed by atoms with E-state index in [1.54, 1.807) is 21.3 Å². The van der Waals surface area contributed by atoms with Gasteiger partial charge in [-0.1, -0.05) is 0 Å². The molecule has 0 aromatic carbocycles. The highest BCUT2D eigenvalue weighted by atomic mass is 28.4. The number of hydrogen-bond acceptors (Lipinski definition) is 5. The highest BCUT2D eigenvalue weighted by Gasteiger charge is 2.41. The number of ether oxygens (including phenoxy) is 1. The van der Waals surface area contributed by atoms with Gasteiger partial charge in [0.2, 0.25) is 0 Å². The summed E-state index contributed by atoms with van der Waals surface area (Å²) in [4.78, 5) is 0. The first-order valence-electron chi connectivity index (χ1n) is 5.13. The van der Waals surface area contributed by atoms with Crippen LogP contribution in [0.3, 0.4) is 0 Å². The smallest absolute Gasteiger partial charge is 0.394 e. The Labute approximate surface area is 91.7 Å². The summed E-state index contributed by atoms with van der Waals surface area (Å²) >= 11 is 0. The molecule has 1 aliphatic rings. The molecule has 2 unspecified atom stereocenters. The second-order valence-electron chi connectivity index (χ2n) is 3.58. The van der Waals surface area contributed by atoms with Crippen molar-refractivity contribution in [1.29, 1.82) is 0 Å². The predicted octanol–water partition coefficient (Wildman–Crippen LogP) is 0.404. The van der Waals surface area contributed by atoms with Crippen LogP contribution in [-0.4, -0.2) is 54.1 Å². The fraction of sp³-hybridized carbons (Fsp3) is 1.00. The number of aliphatic hydroxyl groups is 1. The normalized spacial score (nSPS) is 25.6. The van der Waals surface area contributed by atoms with Crippen LogP contribution in [0.1, 0.15) is 12.8 Å². The zero-order valence-corrected chi connectivity index (χ0v) is 10.6. The molecule has 1 aliphatic heterocycles. The van der Waals surface area contributed by atoms with Crippen molar-refractivity contribution < 1.29 is 23.1 Å². The van der Waals surface area contributed by atoms with Gasteiger partial charge in [-0.25, -0.2) is 0 Å². The van der Waals surface area contributed by atoms with Gasteiger partial charge in [0.05, 0.1) is 12.7 Å². The van der Waals surface area contributed by atoms with E-state index in [4.69, 9.17) is 23.1 Å². The average Bonchev–Trinajstić information content (AvgIpc) is 3.04. The summed E-state index contributed by atoms with van der Waals surface area (Å²) < 4.78 is 21.1. The lowest BCUT2D eigenvalue weighted by molar-refractivity contribution is 0.122. The highest BCUT2D eigenvalue weighted by Crippen LogP contribution is 2.28. The highest BCUT2D eigenvalue weighted by molar-refractivity contribution is 6.60. The van der Waals surface area contributed by atoms with E-state index in [1.165, 1.54) is 0 Å². The van der Waals surface area contributed by atoms with Crippen LogP contribution in [-0.2, 0) is 18.0 Å². The van der Waals surface area contributed by atoms with E-state index < -0.39 is 8.80 Å². The van der Waals surface area contributed by atoms with Crippen molar-refractivity contribution in [2.24, 2.45) is 0 Å². The molecule has 0 aromatic rings. The third-order valence-electron chi connectivity index (χ3n) is 2.77. The maximum absolute atomic E-state index is 8.78. The first kappa shape index (κ1) is 13.1. The Morgan fingerprint density at radius 2 is 1.73 bits per heavy atom. The monoisotopic (exact) mass is 236 g/mol. The van der Waals surface area contributed by atoms with Gasteiger partial charge in [0.25, 0.3) is 0 Å². The zero-order chi connectivity index (χ0) is 11.3. The van der Waals surface area contributed by atoms with Crippen LogP contribution in [0, 0.1) is 0 Å². The molecular weight excluding hydrogens is 216 g/mol. The van der Waals surface area contributed by atoms with Crippen LogP contribution in [0.4, 0.5) is 0 Å². The Balaban J connectivity index is 2.17. The summed E-state index contributed by atoms with van der Waals surface area (Å²) in [5, 5.41) is 8.78. The maximum Gasteiger partial charge on any atom is 0.500 e. The van der Waals surface area contributed by atoms with E-state index in [1.807, 2.05) is 0 Å². The second-order valence-corrected chi connectivity index (χ2v) is 6.67. The van der Waals surface area contributed by atoms with E-state index in [0.717, 1.165) is 18.9 Å². The number of rotatable bonds is 8. The summed E-state index contributed by atoms with van der Waals surface area (Å²) in [6, 6.07) is 0.786. The van der Waals surface area contributed by atoms with Crippen LogP contribution in [0.5, 0.6) is 0 Å². The maximum atomic E-state index is 8.78. The third kappa shape index (κ3) is 3.51. The fourth-order valence-corrected chi connectivity index (χ4v) is 3.42. The van der Waals surface area contributed by atoms with Gasteiger partial charge in [-0.2, -0.15) is 0 Å². The Kier molecular flexibility index (Phi) is 5.17. The van der Waals surface area contributed by atoms with Crippen molar-refractivity contribution in [3.05, 3.63) is 0 Å². The third-order valence-corrected chi connectivity index (χ3v) is 5.60. The number of epoxide rings is 1. The Morgan fingerprint density at radius 3 is 2.13 bits per heavy atom. The van der Waals surface area contributed by atoms with Crippen molar-refractivity contribution >= 4 is 8.80 Å². The molecule has 0 aromatic heterocycles. The molecule has 0 spiro atoms. The van der Waals surface area contributed by atoms with Crippen LogP contribution >= 0.6 is 0 Å². The van der Waals surface area contributed by atoms with Gasteiger partial charge in [0, 0.05) is 27.4 Å². The van der Waals surface area contributed by atoms with Crippen molar-refractivity contribution in [3.63, 3.8) is 0 Å². The van der Waals surface area contributed by atoms with Gasteiger partial charge in [-0.15, -0.1) is 0 Å². The van der Waals surface area contributed by atoms with E-state index >= 15 is 0 Å². The topological polar surface area (TPSA) is 60.5 Å². The first-order chi connectivity index (χ1) is 7.21. The molecule has 1 fully saturated rings. The molecule has 0 aliphatic carbocycles. The van der Waals surface area contributed by atoms with Gasteiger partial charge in [-0.05, 0) is 12.8 Å². The minimum Gasteiger partial charge on any atom is -0.394 e. The van der Waals surface area contributed by atoms with E-state index in [-0.39, 0.29) is 18.8 Å². The molecule has 1 heterocycles. The molecule has 1 N–H and O–H groups in total. The van der Waals surface area contributed by atoms with Crippen LogP contribution in [0.2, 0.25) is 6.04 Å². The van der Waals surface area contributed by atoms with Crippen LogP contribution < -0.4 is 0 Å². The summed E-state index contributed by atoms with van der Waals surface area (Å²) in [6.07, 6.45) is 2.12. The SMILES string of the molecule is CO[Si](CCCC1OC1CO)(OC)OC. The molecule has 0 radical (unpaired) electrons. The van der Waals surface area contributed by atoms with E-state index in [2.05, 4.69) is 0 Å². The molecule has 0 saturated carbocycles. The molecule has 0 bridgehead atoms. The molecule has 2 atom stereocenters. The second kappa shape index (κ2) is 5.93. The van der Waals surface area contributed by atoms with Crippen LogP contribution in [0.25, 0.3) is 0 Å². The minimum absolute atomic E-state index is 0.0497.